The number of fused-ring (bicyclic) bond motifs is 1. The second-order valence-electron chi connectivity index (χ2n) is 7.96. The molecule has 1 amide bonds. The summed E-state index contributed by atoms with van der Waals surface area (Å²) < 4.78 is 0. The highest BCUT2D eigenvalue weighted by molar-refractivity contribution is 6.14. The molecule has 1 saturated heterocycles. The Morgan fingerprint density at radius 3 is 2.53 bits per heavy atom. The Bertz CT molecular complexity index is 1130. The van der Waals surface area contributed by atoms with Crippen molar-refractivity contribution >= 4 is 33.9 Å². The summed E-state index contributed by atoms with van der Waals surface area (Å²) in [5, 5.41) is 11.3. The molecule has 168 valence electrons. The lowest BCUT2D eigenvalue weighted by atomic mass is 10.0. The molecular weight excluding hydrogens is 406 g/mol. The van der Waals surface area contributed by atoms with Crippen LogP contribution in [-0.4, -0.2) is 66.9 Å². The third-order valence-electron chi connectivity index (χ3n) is 5.84. The Labute approximate surface area is 187 Å². The predicted molar refractivity (Wildman–Crippen MR) is 127 cm³/mol. The number of rotatable bonds is 6. The maximum Gasteiger partial charge on any atom is 0.274 e. The molecular formula is C24H29N5O3. The van der Waals surface area contributed by atoms with Crippen LogP contribution in [0.1, 0.15) is 29.3 Å². The van der Waals surface area contributed by atoms with E-state index in [-0.39, 0.29) is 11.8 Å². The van der Waals surface area contributed by atoms with Gasteiger partial charge in [-0.1, -0.05) is 6.92 Å². The molecule has 1 aliphatic heterocycles. The Kier molecular flexibility index (Phi) is 6.43. The third-order valence-corrected chi connectivity index (χ3v) is 5.84. The van der Waals surface area contributed by atoms with Crippen LogP contribution in [0.25, 0.3) is 10.9 Å². The lowest BCUT2D eigenvalue weighted by Crippen LogP contribution is -2.44. The zero-order valence-corrected chi connectivity index (χ0v) is 18.7. The van der Waals surface area contributed by atoms with E-state index in [1.165, 1.54) is 12.8 Å². The molecule has 8 nitrogen and oxygen atoms in total. The number of hydrogen-bond acceptors (Lipinski definition) is 6. The summed E-state index contributed by atoms with van der Waals surface area (Å²) in [5.74, 6) is -0.311. The minimum Gasteiger partial charge on any atom is -0.494 e. The Morgan fingerprint density at radius 1 is 1.16 bits per heavy atom. The van der Waals surface area contributed by atoms with E-state index in [0.29, 0.717) is 17.5 Å². The fourth-order valence-electron chi connectivity index (χ4n) is 4.03. The number of hydroxylamine groups is 1. The number of aromatic nitrogens is 1. The molecule has 0 unspecified atom stereocenters. The van der Waals surface area contributed by atoms with Gasteiger partial charge in [-0.2, -0.15) is 0 Å². The molecule has 0 radical (unpaired) electrons. The van der Waals surface area contributed by atoms with Gasteiger partial charge in [0.25, 0.3) is 5.91 Å². The average Bonchev–Trinajstić information content (AvgIpc) is 3.13. The van der Waals surface area contributed by atoms with Gasteiger partial charge in [0, 0.05) is 48.3 Å². The molecule has 32 heavy (non-hydrogen) atoms. The van der Waals surface area contributed by atoms with Crippen LogP contribution in [0, 0.1) is 0 Å². The smallest absolute Gasteiger partial charge is 0.274 e. The number of likely N-dealkylation sites (N-methyl/N-ethyl adjacent to an activating group) is 1. The first-order valence-electron chi connectivity index (χ1n) is 10.8. The summed E-state index contributed by atoms with van der Waals surface area (Å²) >= 11 is 0. The normalized spacial score (nSPS) is 15.3. The van der Waals surface area contributed by atoms with Gasteiger partial charge in [-0.05, 0) is 55.9 Å². The van der Waals surface area contributed by atoms with Gasteiger partial charge in [0.1, 0.15) is 0 Å². The molecule has 1 fully saturated rings. The summed E-state index contributed by atoms with van der Waals surface area (Å²) in [5.41, 5.74) is 6.86. The van der Waals surface area contributed by atoms with E-state index >= 15 is 0 Å². The van der Waals surface area contributed by atoms with E-state index in [1.54, 1.807) is 18.2 Å². The number of hydrogen-bond donors (Lipinski definition) is 3. The largest absolute Gasteiger partial charge is 0.494 e. The number of aliphatic imine (C=N–C) groups is 1. The van der Waals surface area contributed by atoms with Gasteiger partial charge in [0.15, 0.2) is 5.88 Å². The Hall–Kier alpha value is -3.36. The summed E-state index contributed by atoms with van der Waals surface area (Å²) in [6.07, 6.45) is 0.620. The molecule has 1 aromatic heterocycles. The second kappa shape index (κ2) is 9.42. The van der Waals surface area contributed by atoms with E-state index in [1.807, 2.05) is 19.1 Å². The van der Waals surface area contributed by atoms with Gasteiger partial charge in [-0.15, -0.1) is 0 Å². The number of aromatic amines is 1. The molecule has 8 heteroatoms. The van der Waals surface area contributed by atoms with Crippen LogP contribution in [0.2, 0.25) is 0 Å². The van der Waals surface area contributed by atoms with Crippen LogP contribution in [-0.2, 0) is 4.84 Å². The van der Waals surface area contributed by atoms with Gasteiger partial charge < -0.3 is 19.9 Å². The topological polar surface area (TPSA) is 93.2 Å². The Morgan fingerprint density at radius 2 is 1.88 bits per heavy atom. The zero-order valence-electron chi connectivity index (χ0n) is 18.7. The number of H-pyrrole nitrogens is 1. The first-order valence-corrected chi connectivity index (χ1v) is 10.8. The fraction of sp³-hybridized carbons (Fsp3) is 0.333. The summed E-state index contributed by atoms with van der Waals surface area (Å²) in [4.78, 5) is 29.4. The predicted octanol–water partition coefficient (Wildman–Crippen LogP) is 3.45. The summed E-state index contributed by atoms with van der Waals surface area (Å²) in [6.45, 7) is 6.15. The van der Waals surface area contributed by atoms with Crippen molar-refractivity contribution in [2.24, 2.45) is 4.99 Å². The van der Waals surface area contributed by atoms with E-state index in [9.17, 15) is 9.90 Å². The minimum absolute atomic E-state index is 0.0407. The number of carbonyl (C=O) groups excluding carboxylic acids is 1. The fourth-order valence-corrected chi connectivity index (χ4v) is 4.03. The highest BCUT2D eigenvalue weighted by Crippen LogP contribution is 2.31. The molecule has 0 aliphatic carbocycles. The van der Waals surface area contributed by atoms with Gasteiger partial charge >= 0.3 is 0 Å². The number of nitrogens with zero attached hydrogens (tertiary/aromatic N) is 3. The van der Waals surface area contributed by atoms with Crippen LogP contribution in [0.3, 0.4) is 0 Å². The van der Waals surface area contributed by atoms with Crippen LogP contribution >= 0.6 is 0 Å². The highest BCUT2D eigenvalue weighted by Gasteiger charge is 2.18. The first kappa shape index (κ1) is 21.9. The quantitative estimate of drug-likeness (QED) is 0.407. The van der Waals surface area contributed by atoms with Crippen molar-refractivity contribution in [3.8, 4) is 5.88 Å². The molecule has 3 aromatic rings. The van der Waals surface area contributed by atoms with Crippen molar-refractivity contribution in [2.45, 2.75) is 13.3 Å². The number of anilines is 1. The van der Waals surface area contributed by atoms with Crippen molar-refractivity contribution in [3.05, 3.63) is 53.6 Å². The number of aromatic hydroxyl groups is 1. The van der Waals surface area contributed by atoms with Crippen molar-refractivity contribution in [3.63, 3.8) is 0 Å². The lowest BCUT2D eigenvalue weighted by molar-refractivity contribution is 0.0538. The first-order chi connectivity index (χ1) is 15.5. The maximum absolute atomic E-state index is 12.2. The Balaban J connectivity index is 1.65. The van der Waals surface area contributed by atoms with Crippen LogP contribution in [0.15, 0.2) is 47.5 Å². The molecule has 3 N–H and O–H groups in total. The van der Waals surface area contributed by atoms with E-state index in [2.05, 4.69) is 39.4 Å². The van der Waals surface area contributed by atoms with Crippen molar-refractivity contribution < 1.29 is 14.7 Å². The molecule has 2 heterocycles. The van der Waals surface area contributed by atoms with Gasteiger partial charge in [0.05, 0.1) is 24.1 Å². The number of benzene rings is 2. The SMILES string of the molecule is CCC(=Nc1ccc(N2CCN(C)CC2)cc1)c1c(O)[nH]c2ccc(C(=O)NOC)cc12. The zero-order chi connectivity index (χ0) is 22.7. The van der Waals surface area contributed by atoms with Crippen LogP contribution < -0.4 is 10.4 Å². The average molecular weight is 436 g/mol. The highest BCUT2D eigenvalue weighted by atomic mass is 16.6. The molecule has 4 rings (SSSR count). The standard InChI is InChI=1S/C24H29N5O3/c1-4-20(25-17-6-8-18(9-7-17)29-13-11-28(2)12-14-29)22-19-15-16(23(30)27-32-3)5-10-21(19)26-24(22)31/h5-10,15,26,31H,4,11-14H2,1-3H3,(H,27,30). The maximum atomic E-state index is 12.2. The third kappa shape index (κ3) is 4.46. The van der Waals surface area contributed by atoms with Crippen molar-refractivity contribution in [2.75, 3.05) is 45.2 Å². The van der Waals surface area contributed by atoms with Crippen molar-refractivity contribution in [1.29, 1.82) is 0 Å². The molecule has 0 saturated carbocycles. The number of amides is 1. The molecule has 2 aromatic carbocycles. The van der Waals surface area contributed by atoms with Crippen molar-refractivity contribution in [1.82, 2.24) is 15.4 Å². The van der Waals surface area contributed by atoms with Crippen LogP contribution in [0.5, 0.6) is 5.88 Å². The van der Waals surface area contributed by atoms with E-state index in [4.69, 9.17) is 9.83 Å². The van der Waals surface area contributed by atoms with Gasteiger partial charge in [-0.3, -0.25) is 14.6 Å². The van der Waals surface area contributed by atoms with E-state index in [0.717, 1.165) is 48.5 Å². The molecule has 0 atom stereocenters. The molecule has 1 aliphatic rings. The molecule has 0 bridgehead atoms. The number of piperazine rings is 1. The number of nitrogens with one attached hydrogen (secondary N) is 2. The van der Waals surface area contributed by atoms with Gasteiger partial charge in [-0.25, -0.2) is 5.48 Å². The number of carbonyl (C=O) groups is 1. The summed E-state index contributed by atoms with van der Waals surface area (Å²) in [7, 11) is 3.54. The van der Waals surface area contributed by atoms with Gasteiger partial charge in [0.2, 0.25) is 0 Å². The minimum atomic E-state index is -0.351. The lowest BCUT2D eigenvalue weighted by Gasteiger charge is -2.34. The van der Waals surface area contributed by atoms with Crippen LogP contribution in [0.4, 0.5) is 11.4 Å². The van der Waals surface area contributed by atoms with E-state index < -0.39 is 0 Å². The second-order valence-corrected chi connectivity index (χ2v) is 7.96. The monoisotopic (exact) mass is 435 g/mol. The summed E-state index contributed by atoms with van der Waals surface area (Å²) in [6, 6.07) is 13.4. The molecule has 0 spiro atoms.